The summed E-state index contributed by atoms with van der Waals surface area (Å²) in [6.45, 7) is 2.37. The second-order valence-electron chi connectivity index (χ2n) is 31.7. The van der Waals surface area contributed by atoms with E-state index >= 15 is 0 Å². The number of phosphoric ester groups is 2. The molecule has 123 heavy (non-hydrogen) atoms. The Hall–Kier alpha value is -5.87. The number of carbonyl (C=O) groups excluding carboxylic acids is 3. The molecule has 0 spiro atoms. The van der Waals surface area contributed by atoms with E-state index in [2.05, 4.69) is 227 Å². The molecule has 16 nitrogen and oxygen atoms in total. The number of unbranched alkanes of at least 4 members (excludes halogenated alkanes) is 33. The molecule has 0 aromatic heterocycles. The summed E-state index contributed by atoms with van der Waals surface area (Å²) in [6.07, 6.45) is 129. The monoisotopic (exact) mass is 1750 g/mol. The van der Waals surface area contributed by atoms with Gasteiger partial charge in [-0.15, -0.1) is 0 Å². The van der Waals surface area contributed by atoms with E-state index in [4.69, 9.17) is 32.3 Å². The maximum Gasteiger partial charge on any atom is 0.472 e. The Kier molecular flexibility index (Phi) is 90.7. The van der Waals surface area contributed by atoms with Crippen molar-refractivity contribution in [3.63, 3.8) is 0 Å². The Balaban J connectivity index is 4.67. The third-order valence-corrected chi connectivity index (χ3v) is 21.9. The van der Waals surface area contributed by atoms with Gasteiger partial charge in [0.1, 0.15) is 25.4 Å². The summed E-state index contributed by atoms with van der Waals surface area (Å²) < 4.78 is 61.6. The van der Waals surface area contributed by atoms with Crippen molar-refractivity contribution in [2.24, 2.45) is 0 Å². The Morgan fingerprint density at radius 2 is 0.407 bits per heavy atom. The first-order valence-corrected chi connectivity index (χ1v) is 51.4. The van der Waals surface area contributed by atoms with Crippen LogP contribution in [0.1, 0.15) is 380 Å². The second kappa shape index (κ2) is 95.2. The molecule has 0 radical (unpaired) electrons. The lowest BCUT2D eigenvalue weighted by atomic mass is 10.0. The van der Waals surface area contributed by atoms with Crippen molar-refractivity contribution in [1.82, 2.24) is 0 Å². The summed E-state index contributed by atoms with van der Waals surface area (Å²) in [7, 11) is -9.83. The van der Waals surface area contributed by atoms with E-state index in [9.17, 15) is 43.5 Å². The van der Waals surface area contributed by atoms with Crippen LogP contribution in [0.5, 0.6) is 0 Å². The van der Waals surface area contributed by atoms with Crippen molar-refractivity contribution in [1.29, 1.82) is 0 Å². The zero-order valence-electron chi connectivity index (χ0n) is 77.3. The van der Waals surface area contributed by atoms with Gasteiger partial charge in [0.25, 0.3) is 0 Å². The fraction of sp³-hybridized carbons (Fsp3) is 0.648. The van der Waals surface area contributed by atoms with E-state index in [1.54, 1.807) is 0 Å². The Morgan fingerprint density at radius 1 is 0.228 bits per heavy atom. The molecule has 0 rings (SSSR count). The van der Waals surface area contributed by atoms with Crippen molar-refractivity contribution in [3.8, 4) is 0 Å². The standard InChI is InChI=1S/C105H174O16P2/c1-4-7-10-13-16-19-22-25-28-31-34-37-40-43-46-48-49-51-54-55-58-61-64-67-70-73-76-79-82-85-88-91-103(108)115-94-100(106)95-117-122(111,112)118-96-101(107)97-119-123(113,114)120-99-102(121-105(110)93-90-87-84-81-78-75-72-69-66-63-60-57-52-45-42-39-36-33-30-27-24-21-18-15-12-9-6-3)98-116-104(109)92-89-86-83-80-77-74-71-68-65-62-59-56-53-50-47-44-41-38-35-32-29-26-23-20-17-14-11-8-5-2/h7-12,16-21,25-30,34-39,43-47,49,51-53,56,100-102,106-107H,4-6,13-15,22-24,31-33,40-42,48,50,54-55,57-99H2,1-3H3,(H,111,112)(H,113,114)/b10-7-,11-8-,12-9-,19-16-,20-17-,21-18-,28-25-,29-26-,30-27-,37-34-,38-35-,39-36-,46-43-,47-44-,51-49-,52-45-,56-53-. The quantitative estimate of drug-likeness (QED) is 0.0146. The topological polar surface area (TPSA) is 231 Å². The number of aliphatic hydroxyl groups is 2. The van der Waals surface area contributed by atoms with E-state index in [1.807, 2.05) is 0 Å². The molecule has 5 atom stereocenters. The highest BCUT2D eigenvalue weighted by molar-refractivity contribution is 7.47. The van der Waals surface area contributed by atoms with E-state index in [0.717, 1.165) is 199 Å². The molecule has 0 aliphatic rings. The van der Waals surface area contributed by atoms with Gasteiger partial charge >= 0.3 is 33.6 Å². The zero-order chi connectivity index (χ0) is 89.3. The van der Waals surface area contributed by atoms with E-state index < -0.39 is 91.5 Å². The summed E-state index contributed by atoms with van der Waals surface area (Å²) in [4.78, 5) is 59.1. The van der Waals surface area contributed by atoms with Crippen molar-refractivity contribution in [2.45, 2.75) is 399 Å². The molecule has 4 N–H and O–H groups in total. The summed E-state index contributed by atoms with van der Waals surface area (Å²) in [6, 6.07) is 0. The summed E-state index contributed by atoms with van der Waals surface area (Å²) >= 11 is 0. The number of esters is 3. The first kappa shape index (κ1) is 117. The van der Waals surface area contributed by atoms with Gasteiger partial charge in [-0.25, -0.2) is 9.13 Å². The highest BCUT2D eigenvalue weighted by Gasteiger charge is 2.30. The minimum Gasteiger partial charge on any atom is -0.463 e. The molecule has 0 amide bonds. The molecule has 0 aliphatic carbocycles. The number of allylic oxidation sites excluding steroid dienone is 34. The highest BCUT2D eigenvalue weighted by Crippen LogP contribution is 2.45. The van der Waals surface area contributed by atoms with Crippen LogP contribution in [-0.4, -0.2) is 95.9 Å². The third-order valence-electron chi connectivity index (χ3n) is 20.0. The lowest BCUT2D eigenvalue weighted by molar-refractivity contribution is -0.161. The van der Waals surface area contributed by atoms with Crippen LogP contribution in [0.15, 0.2) is 207 Å². The van der Waals surface area contributed by atoms with Gasteiger partial charge in [0.05, 0.1) is 26.4 Å². The molecule has 0 saturated carbocycles. The number of ether oxygens (including phenoxy) is 3. The predicted molar refractivity (Wildman–Crippen MR) is 518 cm³/mol. The van der Waals surface area contributed by atoms with Gasteiger partial charge in [0, 0.05) is 19.3 Å². The van der Waals surface area contributed by atoms with E-state index in [-0.39, 0.29) is 19.3 Å². The van der Waals surface area contributed by atoms with Gasteiger partial charge in [-0.1, -0.05) is 401 Å². The largest absolute Gasteiger partial charge is 0.472 e. The molecule has 0 aromatic carbocycles. The average Bonchev–Trinajstić information content (AvgIpc) is 0.891. The van der Waals surface area contributed by atoms with Crippen LogP contribution in [0.3, 0.4) is 0 Å². The molecule has 0 bridgehead atoms. The van der Waals surface area contributed by atoms with E-state index in [1.165, 1.54) is 122 Å². The van der Waals surface area contributed by atoms with Crippen molar-refractivity contribution in [3.05, 3.63) is 207 Å². The number of hydrogen-bond donors (Lipinski definition) is 4. The van der Waals surface area contributed by atoms with Gasteiger partial charge in [0.15, 0.2) is 6.10 Å². The Labute approximate surface area is 750 Å². The highest BCUT2D eigenvalue weighted by atomic mass is 31.2. The second-order valence-corrected chi connectivity index (χ2v) is 34.6. The fourth-order valence-corrected chi connectivity index (χ4v) is 14.4. The summed E-state index contributed by atoms with van der Waals surface area (Å²) in [5.74, 6) is -1.58. The number of carbonyl (C=O) groups is 3. The number of rotatable bonds is 90. The molecule has 0 aliphatic heterocycles. The van der Waals surface area contributed by atoms with Crippen molar-refractivity contribution in [2.75, 3.05) is 39.6 Å². The minimum absolute atomic E-state index is 0.0929. The number of phosphoric acid groups is 2. The van der Waals surface area contributed by atoms with E-state index in [0.29, 0.717) is 19.3 Å². The van der Waals surface area contributed by atoms with Gasteiger partial charge in [-0.3, -0.25) is 32.5 Å². The normalized spacial score (nSPS) is 14.6. The third kappa shape index (κ3) is 96.6. The molecular formula is C105H174O16P2. The Bertz CT molecular complexity index is 3070. The van der Waals surface area contributed by atoms with Crippen LogP contribution in [0.2, 0.25) is 0 Å². The molecule has 0 fully saturated rings. The van der Waals surface area contributed by atoms with Crippen LogP contribution >= 0.6 is 15.6 Å². The van der Waals surface area contributed by atoms with Crippen LogP contribution < -0.4 is 0 Å². The average molecular weight is 1750 g/mol. The van der Waals surface area contributed by atoms with Gasteiger partial charge in [-0.05, 0) is 167 Å². The lowest BCUT2D eigenvalue weighted by Crippen LogP contribution is -2.30. The minimum atomic E-state index is -4.95. The zero-order valence-corrected chi connectivity index (χ0v) is 79.1. The molecule has 18 heteroatoms. The van der Waals surface area contributed by atoms with Crippen LogP contribution in [0.25, 0.3) is 0 Å². The SMILES string of the molecule is CC/C=C\C/C=C\C/C=C\C/C=C\C/C=C\C/C=C\CCCCCCCCCCCCCCC(=O)OCC(O)COP(=O)(O)OCC(O)COP(=O)(O)OCC(COC(=O)CCCCCCCCCCCC/C=C\C/C=C\C/C=C\C/C=C\C/C=C\C/C=C\CC)OC(=O)CCCCCCCCCCCCC/C=C\C/C=C\C/C=C\C/C=C\C/C=C\CC. The molecule has 0 heterocycles. The number of hydrogen-bond acceptors (Lipinski definition) is 14. The first-order chi connectivity index (χ1) is 60.2. The first-order valence-electron chi connectivity index (χ1n) is 48.4. The number of aliphatic hydroxyl groups excluding tert-OH is 2. The van der Waals surface area contributed by atoms with Crippen LogP contribution in [0.4, 0.5) is 0 Å². The van der Waals surface area contributed by atoms with Gasteiger partial charge < -0.3 is 34.2 Å². The maximum absolute atomic E-state index is 13.1. The molecule has 0 aromatic rings. The summed E-state index contributed by atoms with van der Waals surface area (Å²) in [5, 5.41) is 20.8. The molecular weight excluding hydrogens is 1580 g/mol. The van der Waals surface area contributed by atoms with Crippen LogP contribution in [-0.2, 0) is 55.8 Å². The van der Waals surface area contributed by atoms with Crippen molar-refractivity contribution >= 4 is 33.6 Å². The maximum atomic E-state index is 13.1. The molecule has 5 unspecified atom stereocenters. The van der Waals surface area contributed by atoms with Crippen molar-refractivity contribution < 1.29 is 75.8 Å². The Morgan fingerprint density at radius 3 is 0.642 bits per heavy atom. The predicted octanol–water partition coefficient (Wildman–Crippen LogP) is 30.3. The fourth-order valence-electron chi connectivity index (χ4n) is 12.8. The summed E-state index contributed by atoms with van der Waals surface area (Å²) in [5.41, 5.74) is 0. The van der Waals surface area contributed by atoms with Crippen LogP contribution in [0, 0.1) is 0 Å². The molecule has 700 valence electrons. The smallest absolute Gasteiger partial charge is 0.463 e. The van der Waals surface area contributed by atoms with Gasteiger partial charge in [0.2, 0.25) is 0 Å². The molecule has 0 saturated heterocycles. The lowest BCUT2D eigenvalue weighted by Gasteiger charge is -2.21. The van der Waals surface area contributed by atoms with Gasteiger partial charge in [-0.2, -0.15) is 0 Å².